The predicted molar refractivity (Wildman–Crippen MR) is 65.8 cm³/mol. The minimum Gasteiger partial charge on any atom is -0.206 e. The summed E-state index contributed by atoms with van der Waals surface area (Å²) in [5, 5.41) is 0. The van der Waals surface area contributed by atoms with Gasteiger partial charge in [0, 0.05) is 0 Å². The van der Waals surface area contributed by atoms with Gasteiger partial charge in [-0.3, -0.25) is 0 Å². The largest absolute Gasteiger partial charge is 0.206 e. The maximum absolute atomic E-state index is 13.5. The highest BCUT2D eigenvalue weighted by Crippen LogP contribution is 2.26. The van der Waals surface area contributed by atoms with Gasteiger partial charge in [0.2, 0.25) is 0 Å². The second kappa shape index (κ2) is 5.09. The number of aryl methyl sites for hydroxylation is 1. The average Bonchev–Trinajstić information content (AvgIpc) is 2.31. The second-order valence-corrected chi connectivity index (χ2v) is 4.04. The molecule has 0 spiro atoms. The standard InChI is InChI=1S/C15H14F2/c1-2-4-11-7-9-12(10-8-11)15-13(16)5-3-6-14(15)17/h3,5-10H,2,4H2,1H3. The van der Waals surface area contributed by atoms with Crippen LogP contribution in [0.3, 0.4) is 0 Å². The van der Waals surface area contributed by atoms with Crippen LogP contribution in [-0.2, 0) is 6.42 Å². The van der Waals surface area contributed by atoms with Crippen molar-refractivity contribution in [3.05, 3.63) is 59.7 Å². The van der Waals surface area contributed by atoms with Crippen LogP contribution in [-0.4, -0.2) is 0 Å². The Morgan fingerprint density at radius 3 is 2.00 bits per heavy atom. The third kappa shape index (κ3) is 2.52. The highest BCUT2D eigenvalue weighted by molar-refractivity contribution is 5.65. The first-order chi connectivity index (χ1) is 8.22. The third-order valence-electron chi connectivity index (χ3n) is 2.74. The van der Waals surface area contributed by atoms with Crippen LogP contribution < -0.4 is 0 Å². The molecule has 0 bridgehead atoms. The first kappa shape index (κ1) is 11.8. The van der Waals surface area contributed by atoms with E-state index in [1.807, 2.05) is 12.1 Å². The maximum atomic E-state index is 13.5. The van der Waals surface area contributed by atoms with Crippen LogP contribution in [0.5, 0.6) is 0 Å². The molecule has 0 heterocycles. The minimum atomic E-state index is -0.520. The fraction of sp³-hybridized carbons (Fsp3) is 0.200. The molecule has 0 atom stereocenters. The van der Waals surface area contributed by atoms with Crippen LogP contribution >= 0.6 is 0 Å². The van der Waals surface area contributed by atoms with Gasteiger partial charge >= 0.3 is 0 Å². The molecule has 0 aliphatic carbocycles. The molecule has 0 aliphatic rings. The van der Waals surface area contributed by atoms with Crippen LogP contribution in [0.25, 0.3) is 11.1 Å². The zero-order chi connectivity index (χ0) is 12.3. The van der Waals surface area contributed by atoms with Gasteiger partial charge < -0.3 is 0 Å². The predicted octanol–water partition coefficient (Wildman–Crippen LogP) is 4.58. The number of rotatable bonds is 3. The van der Waals surface area contributed by atoms with E-state index in [0.717, 1.165) is 12.8 Å². The molecule has 0 unspecified atom stereocenters. The molecule has 0 fully saturated rings. The molecule has 0 aliphatic heterocycles. The lowest BCUT2D eigenvalue weighted by atomic mass is 10.0. The van der Waals surface area contributed by atoms with Crippen molar-refractivity contribution in [1.29, 1.82) is 0 Å². The highest BCUT2D eigenvalue weighted by Gasteiger charge is 2.10. The molecular weight excluding hydrogens is 218 g/mol. The summed E-state index contributed by atoms with van der Waals surface area (Å²) in [4.78, 5) is 0. The molecule has 2 rings (SSSR count). The van der Waals surface area contributed by atoms with E-state index in [4.69, 9.17) is 0 Å². The Morgan fingerprint density at radius 2 is 1.47 bits per heavy atom. The van der Waals surface area contributed by atoms with Gasteiger partial charge in [0.05, 0.1) is 5.56 Å². The van der Waals surface area contributed by atoms with Crippen molar-refractivity contribution in [2.45, 2.75) is 19.8 Å². The molecule has 0 nitrogen and oxygen atoms in total. The van der Waals surface area contributed by atoms with Crippen molar-refractivity contribution in [3.8, 4) is 11.1 Å². The minimum absolute atomic E-state index is 0.0514. The molecule has 17 heavy (non-hydrogen) atoms. The Labute approximate surface area is 99.9 Å². The Hall–Kier alpha value is -1.70. The van der Waals surface area contributed by atoms with Crippen LogP contribution in [0.1, 0.15) is 18.9 Å². The first-order valence-corrected chi connectivity index (χ1v) is 5.75. The monoisotopic (exact) mass is 232 g/mol. The van der Waals surface area contributed by atoms with Crippen LogP contribution in [0.15, 0.2) is 42.5 Å². The second-order valence-electron chi connectivity index (χ2n) is 4.04. The lowest BCUT2D eigenvalue weighted by Gasteiger charge is -2.06. The van der Waals surface area contributed by atoms with Gasteiger partial charge in [0.25, 0.3) is 0 Å². The van der Waals surface area contributed by atoms with Gasteiger partial charge in [0.1, 0.15) is 11.6 Å². The van der Waals surface area contributed by atoms with Crippen molar-refractivity contribution < 1.29 is 8.78 Å². The summed E-state index contributed by atoms with van der Waals surface area (Å²) in [6.45, 7) is 2.10. The quantitative estimate of drug-likeness (QED) is 0.726. The molecule has 0 radical (unpaired) electrons. The fourth-order valence-electron chi connectivity index (χ4n) is 1.90. The van der Waals surface area contributed by atoms with E-state index < -0.39 is 11.6 Å². The van der Waals surface area contributed by atoms with Gasteiger partial charge in [-0.2, -0.15) is 0 Å². The molecule has 2 aromatic rings. The summed E-state index contributed by atoms with van der Waals surface area (Å²) in [5.74, 6) is -1.04. The molecule has 88 valence electrons. The summed E-state index contributed by atoms with van der Waals surface area (Å²) in [6.07, 6.45) is 2.05. The zero-order valence-electron chi connectivity index (χ0n) is 9.71. The van der Waals surface area contributed by atoms with Crippen molar-refractivity contribution in [1.82, 2.24) is 0 Å². The zero-order valence-corrected chi connectivity index (χ0v) is 9.71. The molecule has 0 amide bonds. The number of hydrogen-bond acceptors (Lipinski definition) is 0. The Morgan fingerprint density at radius 1 is 0.882 bits per heavy atom. The van der Waals surface area contributed by atoms with E-state index >= 15 is 0 Å². The lowest BCUT2D eigenvalue weighted by Crippen LogP contribution is -1.90. The molecule has 0 aromatic heterocycles. The molecular formula is C15H14F2. The molecule has 0 saturated carbocycles. The molecule has 0 N–H and O–H groups in total. The van der Waals surface area contributed by atoms with Gasteiger partial charge in [0.15, 0.2) is 0 Å². The topological polar surface area (TPSA) is 0 Å². The number of benzene rings is 2. The average molecular weight is 232 g/mol. The van der Waals surface area contributed by atoms with Gasteiger partial charge in [-0.25, -0.2) is 8.78 Å². The van der Waals surface area contributed by atoms with Crippen molar-refractivity contribution in [3.63, 3.8) is 0 Å². The number of halogens is 2. The van der Waals surface area contributed by atoms with E-state index in [1.165, 1.54) is 23.8 Å². The first-order valence-electron chi connectivity index (χ1n) is 5.75. The van der Waals surface area contributed by atoms with Crippen LogP contribution in [0.2, 0.25) is 0 Å². The third-order valence-corrected chi connectivity index (χ3v) is 2.74. The summed E-state index contributed by atoms with van der Waals surface area (Å²) < 4.78 is 27.1. The summed E-state index contributed by atoms with van der Waals surface area (Å²) in [6, 6.07) is 11.3. The van der Waals surface area contributed by atoms with Gasteiger partial charge in [-0.05, 0) is 29.7 Å². The summed E-state index contributed by atoms with van der Waals surface area (Å²) in [7, 11) is 0. The van der Waals surface area contributed by atoms with Crippen LogP contribution in [0.4, 0.5) is 8.78 Å². The van der Waals surface area contributed by atoms with Crippen molar-refractivity contribution >= 4 is 0 Å². The highest BCUT2D eigenvalue weighted by atomic mass is 19.1. The number of hydrogen-bond donors (Lipinski definition) is 0. The van der Waals surface area contributed by atoms with E-state index in [-0.39, 0.29) is 5.56 Å². The van der Waals surface area contributed by atoms with Gasteiger partial charge in [-0.15, -0.1) is 0 Å². The summed E-state index contributed by atoms with van der Waals surface area (Å²) in [5.41, 5.74) is 1.82. The van der Waals surface area contributed by atoms with Gasteiger partial charge in [-0.1, -0.05) is 43.7 Å². The van der Waals surface area contributed by atoms with Crippen molar-refractivity contribution in [2.24, 2.45) is 0 Å². The van der Waals surface area contributed by atoms with E-state index in [0.29, 0.717) is 5.56 Å². The normalized spacial score (nSPS) is 10.5. The lowest BCUT2D eigenvalue weighted by molar-refractivity contribution is 0.589. The van der Waals surface area contributed by atoms with Crippen LogP contribution in [0, 0.1) is 11.6 Å². The molecule has 0 saturated heterocycles. The molecule has 2 heteroatoms. The van der Waals surface area contributed by atoms with Crippen molar-refractivity contribution in [2.75, 3.05) is 0 Å². The van der Waals surface area contributed by atoms with E-state index in [2.05, 4.69) is 6.92 Å². The molecule has 2 aromatic carbocycles. The van der Waals surface area contributed by atoms with E-state index in [9.17, 15) is 8.78 Å². The smallest absolute Gasteiger partial charge is 0.133 e. The Kier molecular flexibility index (Phi) is 3.52. The Balaban J connectivity index is 2.40. The SMILES string of the molecule is CCCc1ccc(-c2c(F)cccc2F)cc1. The Bertz CT molecular complexity index is 481. The fourth-order valence-corrected chi connectivity index (χ4v) is 1.90. The maximum Gasteiger partial charge on any atom is 0.133 e. The summed E-state index contributed by atoms with van der Waals surface area (Å²) >= 11 is 0. The van der Waals surface area contributed by atoms with E-state index in [1.54, 1.807) is 12.1 Å².